The average molecular weight is 302 g/mol. The topological polar surface area (TPSA) is 44.4 Å². The number of carbonyl (C=O) groups is 1. The molecular formula is C13H17Cl2N3O. The van der Waals surface area contributed by atoms with E-state index < -0.39 is 0 Å². The molecule has 19 heavy (non-hydrogen) atoms. The highest BCUT2D eigenvalue weighted by atomic mass is 35.5. The molecule has 0 aliphatic carbocycles. The van der Waals surface area contributed by atoms with Crippen molar-refractivity contribution in [3.63, 3.8) is 0 Å². The average Bonchev–Trinajstić information content (AvgIpc) is 2.88. The predicted molar refractivity (Wildman–Crippen MR) is 79.1 cm³/mol. The van der Waals surface area contributed by atoms with Crippen LogP contribution in [0.15, 0.2) is 18.2 Å². The number of hydrogen-bond acceptors (Lipinski definition) is 2. The molecule has 0 aromatic heterocycles. The van der Waals surface area contributed by atoms with Crippen LogP contribution in [0.5, 0.6) is 0 Å². The minimum Gasteiger partial charge on any atom is -0.321 e. The van der Waals surface area contributed by atoms with Crippen molar-refractivity contribution in [2.24, 2.45) is 0 Å². The van der Waals surface area contributed by atoms with E-state index in [1.165, 1.54) is 0 Å². The molecule has 1 unspecified atom stereocenters. The first kappa shape index (κ1) is 14.4. The summed E-state index contributed by atoms with van der Waals surface area (Å²) in [6.45, 7) is 4.42. The molecule has 0 radical (unpaired) electrons. The van der Waals surface area contributed by atoms with E-state index in [0.29, 0.717) is 22.3 Å². The van der Waals surface area contributed by atoms with Gasteiger partial charge in [-0.1, -0.05) is 23.2 Å². The molecule has 0 bridgehead atoms. The Kier molecular flexibility index (Phi) is 4.91. The van der Waals surface area contributed by atoms with Crippen LogP contribution in [0, 0.1) is 0 Å². The molecule has 2 N–H and O–H groups in total. The zero-order valence-electron chi connectivity index (χ0n) is 10.7. The summed E-state index contributed by atoms with van der Waals surface area (Å²) in [4.78, 5) is 14.1. The predicted octanol–water partition coefficient (Wildman–Crippen LogP) is 3.21. The van der Waals surface area contributed by atoms with Gasteiger partial charge in [0.15, 0.2) is 0 Å². The van der Waals surface area contributed by atoms with Crippen molar-refractivity contribution in [1.29, 1.82) is 0 Å². The van der Waals surface area contributed by atoms with Crippen molar-refractivity contribution in [3.8, 4) is 0 Å². The molecule has 2 rings (SSSR count). The second-order valence-corrected chi connectivity index (χ2v) is 5.33. The summed E-state index contributed by atoms with van der Waals surface area (Å²) in [5.41, 5.74) is 0.545. The number of halogens is 2. The van der Waals surface area contributed by atoms with Crippen LogP contribution in [0.1, 0.15) is 13.3 Å². The third-order valence-electron chi connectivity index (χ3n) is 3.25. The van der Waals surface area contributed by atoms with Gasteiger partial charge in [0.25, 0.3) is 0 Å². The number of rotatable bonds is 3. The quantitative estimate of drug-likeness (QED) is 0.900. The van der Waals surface area contributed by atoms with Gasteiger partial charge < -0.3 is 15.5 Å². The fourth-order valence-corrected chi connectivity index (χ4v) is 2.59. The smallest absolute Gasteiger partial charge is 0.321 e. The van der Waals surface area contributed by atoms with Crippen LogP contribution < -0.4 is 10.6 Å². The van der Waals surface area contributed by atoms with E-state index in [4.69, 9.17) is 23.2 Å². The number of likely N-dealkylation sites (N-methyl/N-ethyl adjacent to an activating group) is 1. The maximum Gasteiger partial charge on any atom is 0.322 e. The van der Waals surface area contributed by atoms with Crippen LogP contribution in [0.25, 0.3) is 0 Å². The Balaban J connectivity index is 2.08. The molecule has 1 fully saturated rings. The SMILES string of the molecule is CCN(C(=O)Nc1cc(Cl)ccc1Cl)C1CCNC1. The molecule has 4 nitrogen and oxygen atoms in total. The number of amides is 2. The van der Waals surface area contributed by atoms with Gasteiger partial charge in [0.1, 0.15) is 0 Å². The van der Waals surface area contributed by atoms with Crippen molar-refractivity contribution in [2.45, 2.75) is 19.4 Å². The third-order valence-corrected chi connectivity index (χ3v) is 3.81. The van der Waals surface area contributed by atoms with Gasteiger partial charge >= 0.3 is 6.03 Å². The summed E-state index contributed by atoms with van der Waals surface area (Å²) in [7, 11) is 0. The zero-order chi connectivity index (χ0) is 13.8. The first-order valence-electron chi connectivity index (χ1n) is 6.35. The van der Waals surface area contributed by atoms with Gasteiger partial charge in [0, 0.05) is 24.2 Å². The molecule has 1 aromatic carbocycles. The molecule has 1 heterocycles. The molecule has 1 saturated heterocycles. The van der Waals surface area contributed by atoms with Gasteiger partial charge in [0.05, 0.1) is 10.7 Å². The molecular weight excluding hydrogens is 285 g/mol. The number of urea groups is 1. The van der Waals surface area contributed by atoms with Gasteiger partial charge in [-0.15, -0.1) is 0 Å². The fourth-order valence-electron chi connectivity index (χ4n) is 2.25. The van der Waals surface area contributed by atoms with E-state index in [1.54, 1.807) is 18.2 Å². The largest absolute Gasteiger partial charge is 0.322 e. The van der Waals surface area contributed by atoms with Gasteiger partial charge in [-0.3, -0.25) is 0 Å². The van der Waals surface area contributed by atoms with E-state index in [2.05, 4.69) is 10.6 Å². The van der Waals surface area contributed by atoms with Crippen LogP contribution in [0.2, 0.25) is 10.0 Å². The Labute approximate surface area is 123 Å². The molecule has 0 saturated carbocycles. The van der Waals surface area contributed by atoms with E-state index in [-0.39, 0.29) is 12.1 Å². The normalized spacial score (nSPS) is 18.4. The Morgan fingerprint density at radius 1 is 1.53 bits per heavy atom. The van der Waals surface area contributed by atoms with Gasteiger partial charge in [-0.25, -0.2) is 4.79 Å². The summed E-state index contributed by atoms with van der Waals surface area (Å²) in [5, 5.41) is 7.11. The van der Waals surface area contributed by atoms with Crippen LogP contribution in [-0.2, 0) is 0 Å². The minimum absolute atomic E-state index is 0.139. The minimum atomic E-state index is -0.139. The van der Waals surface area contributed by atoms with Gasteiger partial charge in [-0.05, 0) is 38.1 Å². The van der Waals surface area contributed by atoms with Gasteiger partial charge in [-0.2, -0.15) is 0 Å². The van der Waals surface area contributed by atoms with Crippen molar-refractivity contribution in [1.82, 2.24) is 10.2 Å². The van der Waals surface area contributed by atoms with Gasteiger partial charge in [0.2, 0.25) is 0 Å². The molecule has 1 atom stereocenters. The summed E-state index contributed by atoms with van der Waals surface area (Å²) in [5.74, 6) is 0. The lowest BCUT2D eigenvalue weighted by Crippen LogP contribution is -2.43. The standard InChI is InChI=1S/C13H17Cl2N3O/c1-2-18(10-5-6-16-8-10)13(19)17-12-7-9(14)3-4-11(12)15/h3-4,7,10,16H,2,5-6,8H2,1H3,(H,17,19). The van der Waals surface area contributed by atoms with Crippen LogP contribution >= 0.6 is 23.2 Å². The summed E-state index contributed by atoms with van der Waals surface area (Å²) >= 11 is 12.0. The highest BCUT2D eigenvalue weighted by molar-refractivity contribution is 6.35. The van der Waals surface area contributed by atoms with Crippen molar-refractivity contribution < 1.29 is 4.79 Å². The zero-order valence-corrected chi connectivity index (χ0v) is 12.3. The molecule has 1 aliphatic rings. The van der Waals surface area contributed by atoms with E-state index in [0.717, 1.165) is 19.5 Å². The Morgan fingerprint density at radius 3 is 2.95 bits per heavy atom. The molecule has 104 valence electrons. The number of benzene rings is 1. The first-order chi connectivity index (χ1) is 9.11. The summed E-state index contributed by atoms with van der Waals surface area (Å²) in [6.07, 6.45) is 0.977. The third kappa shape index (κ3) is 3.53. The maximum absolute atomic E-state index is 12.3. The highest BCUT2D eigenvalue weighted by Gasteiger charge is 2.25. The Morgan fingerprint density at radius 2 is 2.32 bits per heavy atom. The van der Waals surface area contributed by atoms with Crippen molar-refractivity contribution in [3.05, 3.63) is 28.2 Å². The second-order valence-electron chi connectivity index (χ2n) is 4.49. The summed E-state index contributed by atoms with van der Waals surface area (Å²) in [6, 6.07) is 5.12. The van der Waals surface area contributed by atoms with E-state index in [1.807, 2.05) is 11.8 Å². The maximum atomic E-state index is 12.3. The van der Waals surface area contributed by atoms with Crippen molar-refractivity contribution >= 4 is 34.9 Å². The lowest BCUT2D eigenvalue weighted by molar-refractivity contribution is 0.196. The first-order valence-corrected chi connectivity index (χ1v) is 7.10. The molecule has 2 amide bonds. The molecule has 1 aliphatic heterocycles. The molecule has 0 spiro atoms. The number of hydrogen-bond donors (Lipinski definition) is 2. The molecule has 1 aromatic rings. The second kappa shape index (κ2) is 6.46. The monoisotopic (exact) mass is 301 g/mol. The Hall–Kier alpha value is -0.970. The lowest BCUT2D eigenvalue weighted by Gasteiger charge is -2.27. The van der Waals surface area contributed by atoms with Crippen LogP contribution in [0.4, 0.5) is 10.5 Å². The fraction of sp³-hybridized carbons (Fsp3) is 0.462. The number of anilines is 1. The molecule has 6 heteroatoms. The Bertz CT molecular complexity index is 461. The van der Waals surface area contributed by atoms with Crippen LogP contribution in [0.3, 0.4) is 0 Å². The highest BCUT2D eigenvalue weighted by Crippen LogP contribution is 2.26. The number of carbonyl (C=O) groups excluding carboxylic acids is 1. The van der Waals surface area contributed by atoms with Crippen LogP contribution in [-0.4, -0.2) is 36.6 Å². The number of nitrogens with zero attached hydrogens (tertiary/aromatic N) is 1. The lowest BCUT2D eigenvalue weighted by atomic mass is 10.2. The summed E-state index contributed by atoms with van der Waals surface area (Å²) < 4.78 is 0. The van der Waals surface area contributed by atoms with E-state index in [9.17, 15) is 4.79 Å². The van der Waals surface area contributed by atoms with E-state index >= 15 is 0 Å². The van der Waals surface area contributed by atoms with Crippen molar-refractivity contribution in [2.75, 3.05) is 25.0 Å². The number of nitrogens with one attached hydrogen (secondary N) is 2.